The zero-order valence-electron chi connectivity index (χ0n) is 21.1. The molecule has 7 nitrogen and oxygen atoms in total. The van der Waals surface area contributed by atoms with E-state index in [2.05, 4.69) is 17.6 Å². The molecule has 1 aromatic heterocycles. The number of carboxylic acids is 1. The predicted octanol–water partition coefficient (Wildman–Crippen LogP) is 5.71. The lowest BCUT2D eigenvalue weighted by atomic mass is 10.1. The van der Waals surface area contributed by atoms with Gasteiger partial charge in [-0.3, -0.25) is 4.79 Å². The van der Waals surface area contributed by atoms with E-state index in [-0.39, 0.29) is 28.4 Å². The Balaban J connectivity index is 1.55. The topological polar surface area (TPSA) is 92.6 Å². The van der Waals surface area contributed by atoms with E-state index < -0.39 is 17.2 Å². The summed E-state index contributed by atoms with van der Waals surface area (Å²) >= 11 is 0. The molecule has 0 aliphatic heterocycles. The second kappa shape index (κ2) is 13.5. The molecular weight excluding hydrogens is 449 g/mol. The molecule has 0 saturated heterocycles. The van der Waals surface area contributed by atoms with Crippen molar-refractivity contribution < 1.29 is 19.0 Å². The summed E-state index contributed by atoms with van der Waals surface area (Å²) < 4.78 is 22.3. The van der Waals surface area contributed by atoms with E-state index in [0.29, 0.717) is 12.1 Å². The third-order valence-corrected chi connectivity index (χ3v) is 6.64. The molecule has 0 amide bonds. The van der Waals surface area contributed by atoms with Crippen molar-refractivity contribution in [3.05, 3.63) is 33.9 Å². The number of nitrogens with zero attached hydrogens (tertiary/aromatic N) is 1. The van der Waals surface area contributed by atoms with Crippen LogP contribution in [-0.4, -0.2) is 42.4 Å². The van der Waals surface area contributed by atoms with Crippen molar-refractivity contribution >= 4 is 22.6 Å². The average Bonchev–Trinajstić information content (AvgIpc) is 3.68. The van der Waals surface area contributed by atoms with Crippen LogP contribution in [0.4, 0.5) is 10.1 Å². The molecule has 3 N–H and O–H groups in total. The van der Waals surface area contributed by atoms with Gasteiger partial charge in [-0.1, -0.05) is 51.9 Å². The molecule has 0 spiro atoms. The summed E-state index contributed by atoms with van der Waals surface area (Å²) in [5.41, 5.74) is -0.394. The van der Waals surface area contributed by atoms with E-state index in [1.807, 2.05) is 0 Å². The summed E-state index contributed by atoms with van der Waals surface area (Å²) in [6, 6.07) is 1.22. The normalized spacial score (nSPS) is 13.3. The number of ether oxygens (including phenoxy) is 1. The molecule has 0 bridgehead atoms. The standard InChI is InChI=1S/C27H40FN3O4/c1-3-4-5-6-7-8-9-10-14-29-15-11-16-30-23-22(28)17-20-24(26(23)35-2)31(19-12-13-19)18-21(25(20)32)27(33)34/h17-19,29-30H,3-16H2,1-2H3,(H,33,34). The maximum Gasteiger partial charge on any atom is 0.341 e. The highest BCUT2D eigenvalue weighted by molar-refractivity contribution is 5.97. The number of carbonyl (C=O) groups is 1. The summed E-state index contributed by atoms with van der Waals surface area (Å²) in [4.78, 5) is 24.3. The lowest BCUT2D eigenvalue weighted by molar-refractivity contribution is 0.0694. The fourth-order valence-electron chi connectivity index (χ4n) is 4.55. The summed E-state index contributed by atoms with van der Waals surface area (Å²) in [6.07, 6.45) is 14.3. The third kappa shape index (κ3) is 7.19. The van der Waals surface area contributed by atoms with Crippen LogP contribution in [0.2, 0.25) is 0 Å². The van der Waals surface area contributed by atoms with Gasteiger partial charge in [0.25, 0.3) is 0 Å². The molecule has 0 radical (unpaired) electrons. The number of aromatic nitrogens is 1. The molecule has 3 rings (SSSR count). The van der Waals surface area contributed by atoms with Crippen molar-refractivity contribution in [1.82, 2.24) is 9.88 Å². The Bertz CT molecular complexity index is 1050. The first kappa shape index (κ1) is 27.0. The molecule has 1 heterocycles. The molecule has 8 heteroatoms. The number of hydrogen-bond donors (Lipinski definition) is 3. The number of hydrogen-bond acceptors (Lipinski definition) is 5. The quantitative estimate of drug-likeness (QED) is 0.246. The number of aromatic carboxylic acids is 1. The zero-order chi connectivity index (χ0) is 25.2. The van der Waals surface area contributed by atoms with Crippen molar-refractivity contribution in [3.8, 4) is 5.75 Å². The average molecular weight is 490 g/mol. The van der Waals surface area contributed by atoms with Crippen LogP contribution in [0.5, 0.6) is 5.75 Å². The van der Waals surface area contributed by atoms with Crippen LogP contribution in [0.15, 0.2) is 17.1 Å². The number of benzene rings is 1. The second-order valence-corrected chi connectivity index (χ2v) is 9.48. The Morgan fingerprint density at radius 2 is 1.74 bits per heavy atom. The first-order valence-electron chi connectivity index (χ1n) is 13.1. The highest BCUT2D eigenvalue weighted by Crippen LogP contribution is 2.42. The van der Waals surface area contributed by atoms with Crippen molar-refractivity contribution in [1.29, 1.82) is 0 Å². The van der Waals surface area contributed by atoms with E-state index in [1.165, 1.54) is 64.7 Å². The van der Waals surface area contributed by atoms with Crippen LogP contribution in [-0.2, 0) is 0 Å². The number of pyridine rings is 1. The smallest absolute Gasteiger partial charge is 0.341 e. The molecule has 194 valence electrons. The van der Waals surface area contributed by atoms with Crippen LogP contribution < -0.4 is 20.8 Å². The van der Waals surface area contributed by atoms with Crippen LogP contribution >= 0.6 is 0 Å². The summed E-state index contributed by atoms with van der Waals surface area (Å²) in [6.45, 7) is 4.60. The van der Waals surface area contributed by atoms with Gasteiger partial charge in [0.2, 0.25) is 5.43 Å². The molecule has 1 fully saturated rings. The Hall–Kier alpha value is -2.61. The highest BCUT2D eigenvalue weighted by atomic mass is 19.1. The van der Waals surface area contributed by atoms with Gasteiger partial charge in [-0.15, -0.1) is 0 Å². The number of rotatable bonds is 17. The molecular formula is C27H40FN3O4. The minimum atomic E-state index is -1.31. The molecule has 1 aliphatic rings. The molecule has 0 unspecified atom stereocenters. The van der Waals surface area contributed by atoms with Gasteiger partial charge >= 0.3 is 5.97 Å². The van der Waals surface area contributed by atoms with Gasteiger partial charge in [-0.2, -0.15) is 0 Å². The van der Waals surface area contributed by atoms with Crippen molar-refractivity contribution in [2.45, 2.75) is 83.6 Å². The minimum absolute atomic E-state index is 0.0312. The first-order chi connectivity index (χ1) is 17.0. The number of anilines is 1. The number of carboxylic acid groups (broad SMARTS) is 1. The van der Waals surface area contributed by atoms with Gasteiger partial charge in [0, 0.05) is 18.8 Å². The molecule has 35 heavy (non-hydrogen) atoms. The van der Waals surface area contributed by atoms with Crippen molar-refractivity contribution in [2.75, 3.05) is 32.1 Å². The summed E-state index contributed by atoms with van der Waals surface area (Å²) in [7, 11) is 1.44. The minimum Gasteiger partial charge on any atom is -0.492 e. The van der Waals surface area contributed by atoms with Gasteiger partial charge in [0.15, 0.2) is 11.6 Å². The fraction of sp³-hybridized carbons (Fsp3) is 0.630. The molecule has 2 aromatic rings. The van der Waals surface area contributed by atoms with E-state index in [1.54, 1.807) is 4.57 Å². The Kier molecular flexibility index (Phi) is 10.4. The largest absolute Gasteiger partial charge is 0.492 e. The zero-order valence-corrected chi connectivity index (χ0v) is 21.1. The van der Waals surface area contributed by atoms with Gasteiger partial charge in [-0.05, 0) is 44.8 Å². The van der Waals surface area contributed by atoms with Crippen LogP contribution in [0.3, 0.4) is 0 Å². The lowest BCUT2D eigenvalue weighted by Crippen LogP contribution is -2.21. The van der Waals surface area contributed by atoms with Crippen molar-refractivity contribution in [3.63, 3.8) is 0 Å². The van der Waals surface area contributed by atoms with Gasteiger partial charge < -0.3 is 25.0 Å². The maximum absolute atomic E-state index is 15.0. The van der Waals surface area contributed by atoms with Gasteiger partial charge in [-0.25, -0.2) is 9.18 Å². The lowest BCUT2D eigenvalue weighted by Gasteiger charge is -2.19. The Labute approximate surface area is 207 Å². The van der Waals surface area contributed by atoms with E-state index in [9.17, 15) is 14.7 Å². The number of methoxy groups -OCH3 is 1. The maximum atomic E-state index is 15.0. The SMILES string of the molecule is CCCCCCCCCCNCCCNc1c(F)cc2c(=O)c(C(=O)O)cn(C3CC3)c2c1OC. The van der Waals surface area contributed by atoms with E-state index in [4.69, 9.17) is 4.74 Å². The van der Waals surface area contributed by atoms with Crippen molar-refractivity contribution in [2.24, 2.45) is 0 Å². The molecule has 1 aromatic carbocycles. The number of nitrogens with one attached hydrogen (secondary N) is 2. The van der Waals surface area contributed by atoms with Crippen LogP contribution in [0.1, 0.15) is 94.0 Å². The van der Waals surface area contributed by atoms with Crippen LogP contribution in [0, 0.1) is 5.82 Å². The number of unbranched alkanes of at least 4 members (excludes halogenated alkanes) is 7. The second-order valence-electron chi connectivity index (χ2n) is 9.48. The Morgan fingerprint density at radius 1 is 1.09 bits per heavy atom. The fourth-order valence-corrected chi connectivity index (χ4v) is 4.55. The van der Waals surface area contributed by atoms with E-state index >= 15 is 4.39 Å². The monoisotopic (exact) mass is 489 g/mol. The number of fused-ring (bicyclic) bond motifs is 1. The van der Waals surface area contributed by atoms with Gasteiger partial charge in [0.05, 0.1) is 18.0 Å². The predicted molar refractivity (Wildman–Crippen MR) is 139 cm³/mol. The van der Waals surface area contributed by atoms with Gasteiger partial charge in [0.1, 0.15) is 11.3 Å². The highest BCUT2D eigenvalue weighted by Gasteiger charge is 2.30. The first-order valence-corrected chi connectivity index (χ1v) is 13.1. The molecule has 1 aliphatic carbocycles. The molecule has 1 saturated carbocycles. The summed E-state index contributed by atoms with van der Waals surface area (Å²) in [5.74, 6) is -1.69. The van der Waals surface area contributed by atoms with E-state index in [0.717, 1.165) is 38.4 Å². The molecule has 0 atom stereocenters. The summed E-state index contributed by atoms with van der Waals surface area (Å²) in [5, 5.41) is 16.0. The third-order valence-electron chi connectivity index (χ3n) is 6.64. The van der Waals surface area contributed by atoms with Crippen LogP contribution in [0.25, 0.3) is 10.9 Å². The number of halogens is 1. The Morgan fingerprint density at radius 3 is 2.37 bits per heavy atom.